The molecule has 1 aromatic carbocycles. The number of hydrogen-bond acceptors (Lipinski definition) is 5. The number of aryl methyl sites for hydroxylation is 2. The zero-order valence-corrected chi connectivity index (χ0v) is 18.3. The molecule has 0 unspecified atom stereocenters. The Hall–Kier alpha value is -3.22. The summed E-state index contributed by atoms with van der Waals surface area (Å²) in [5, 5.41) is 4.52. The second-order valence-corrected chi connectivity index (χ2v) is 7.09. The molecule has 0 spiro atoms. The average Bonchev–Trinajstić information content (AvgIpc) is 3.32. The van der Waals surface area contributed by atoms with Crippen LogP contribution in [-0.2, 0) is 19.7 Å². The first-order chi connectivity index (χ1) is 14.4. The molecule has 2 heterocycles. The lowest BCUT2D eigenvalue weighted by Crippen LogP contribution is -2.26. The van der Waals surface area contributed by atoms with Crippen molar-refractivity contribution in [1.82, 2.24) is 14.7 Å². The van der Waals surface area contributed by atoms with Crippen LogP contribution in [0.15, 0.2) is 40.8 Å². The van der Waals surface area contributed by atoms with Crippen LogP contribution in [0.4, 0.5) is 0 Å². The van der Waals surface area contributed by atoms with E-state index in [0.29, 0.717) is 30.4 Å². The van der Waals surface area contributed by atoms with Gasteiger partial charge in [0.15, 0.2) is 5.76 Å². The van der Waals surface area contributed by atoms with Gasteiger partial charge in [0.1, 0.15) is 23.9 Å². The molecule has 7 heteroatoms. The fourth-order valence-corrected chi connectivity index (χ4v) is 3.29. The number of benzene rings is 1. The van der Waals surface area contributed by atoms with Gasteiger partial charge >= 0.3 is 0 Å². The summed E-state index contributed by atoms with van der Waals surface area (Å²) in [5.74, 6) is 2.21. The van der Waals surface area contributed by atoms with Crippen LogP contribution in [0.5, 0.6) is 11.5 Å². The summed E-state index contributed by atoms with van der Waals surface area (Å²) in [7, 11) is 1.77. The van der Waals surface area contributed by atoms with E-state index in [1.54, 1.807) is 24.1 Å². The van der Waals surface area contributed by atoms with Crippen molar-refractivity contribution in [2.24, 2.45) is 0 Å². The van der Waals surface area contributed by atoms with Crippen LogP contribution in [0.1, 0.15) is 47.1 Å². The number of ether oxygens (including phenoxy) is 2. The predicted octanol–water partition coefficient (Wildman–Crippen LogP) is 4.36. The van der Waals surface area contributed by atoms with Gasteiger partial charge in [-0.2, -0.15) is 5.10 Å². The minimum atomic E-state index is -0.176. The molecule has 2 aromatic heterocycles. The summed E-state index contributed by atoms with van der Waals surface area (Å²) in [6.45, 7) is 10.1. The van der Waals surface area contributed by atoms with E-state index in [4.69, 9.17) is 13.9 Å². The molecule has 0 aliphatic heterocycles. The van der Waals surface area contributed by atoms with E-state index in [0.717, 1.165) is 29.2 Å². The standard InChI is InChI=1S/C23H29N3O4/c1-6-26-17(4)21(16(3)24-26)14-25(5)23(27)22-13-12-20(30-22)15-29-19-10-8-18(9-11-19)28-7-2/h8-13H,6-7,14-15H2,1-5H3. The molecule has 0 saturated heterocycles. The Kier molecular flexibility index (Phi) is 6.82. The molecule has 0 bridgehead atoms. The van der Waals surface area contributed by atoms with Gasteiger partial charge < -0.3 is 18.8 Å². The van der Waals surface area contributed by atoms with Crippen molar-refractivity contribution in [3.05, 3.63) is 64.9 Å². The molecule has 0 fully saturated rings. The molecule has 1 amide bonds. The zero-order valence-electron chi connectivity index (χ0n) is 18.3. The van der Waals surface area contributed by atoms with Gasteiger partial charge in [0.25, 0.3) is 5.91 Å². The maximum absolute atomic E-state index is 12.8. The van der Waals surface area contributed by atoms with E-state index in [9.17, 15) is 4.79 Å². The van der Waals surface area contributed by atoms with Crippen molar-refractivity contribution in [3.63, 3.8) is 0 Å². The monoisotopic (exact) mass is 411 g/mol. The van der Waals surface area contributed by atoms with Crippen LogP contribution in [0, 0.1) is 13.8 Å². The van der Waals surface area contributed by atoms with E-state index < -0.39 is 0 Å². The van der Waals surface area contributed by atoms with Crippen molar-refractivity contribution in [1.29, 1.82) is 0 Å². The third-order valence-electron chi connectivity index (χ3n) is 4.96. The van der Waals surface area contributed by atoms with Crippen LogP contribution in [0.25, 0.3) is 0 Å². The molecule has 3 aromatic rings. The Bertz CT molecular complexity index is 989. The smallest absolute Gasteiger partial charge is 0.289 e. The molecule has 0 radical (unpaired) electrons. The highest BCUT2D eigenvalue weighted by Gasteiger charge is 2.20. The number of rotatable bonds is 9. The maximum Gasteiger partial charge on any atom is 0.289 e. The molecule has 0 N–H and O–H groups in total. The molecule has 7 nitrogen and oxygen atoms in total. The second-order valence-electron chi connectivity index (χ2n) is 7.09. The van der Waals surface area contributed by atoms with Gasteiger partial charge in [-0.05, 0) is 64.1 Å². The van der Waals surface area contributed by atoms with Crippen LogP contribution in [0.3, 0.4) is 0 Å². The predicted molar refractivity (Wildman–Crippen MR) is 114 cm³/mol. The molecule has 30 heavy (non-hydrogen) atoms. The Balaban J connectivity index is 1.59. The molecular formula is C23H29N3O4. The third kappa shape index (κ3) is 4.84. The van der Waals surface area contributed by atoms with Crippen molar-refractivity contribution in [3.8, 4) is 11.5 Å². The number of nitrogens with zero attached hydrogens (tertiary/aromatic N) is 3. The Morgan fingerprint density at radius 2 is 1.73 bits per heavy atom. The van der Waals surface area contributed by atoms with Crippen LogP contribution < -0.4 is 9.47 Å². The van der Waals surface area contributed by atoms with Crippen molar-refractivity contribution < 1.29 is 18.7 Å². The summed E-state index contributed by atoms with van der Waals surface area (Å²) >= 11 is 0. The number of hydrogen-bond donors (Lipinski definition) is 0. The van der Waals surface area contributed by atoms with E-state index in [-0.39, 0.29) is 12.5 Å². The fourth-order valence-electron chi connectivity index (χ4n) is 3.29. The molecular weight excluding hydrogens is 382 g/mol. The van der Waals surface area contributed by atoms with Gasteiger partial charge in [-0.3, -0.25) is 9.48 Å². The summed E-state index contributed by atoms with van der Waals surface area (Å²) < 4.78 is 18.8. The quantitative estimate of drug-likeness (QED) is 0.523. The Morgan fingerprint density at radius 3 is 2.33 bits per heavy atom. The average molecular weight is 412 g/mol. The lowest BCUT2D eigenvalue weighted by Gasteiger charge is -2.16. The van der Waals surface area contributed by atoms with Gasteiger partial charge in [-0.15, -0.1) is 0 Å². The molecule has 160 valence electrons. The van der Waals surface area contributed by atoms with Gasteiger partial charge in [0.05, 0.1) is 12.3 Å². The highest BCUT2D eigenvalue weighted by Crippen LogP contribution is 2.20. The number of furan rings is 1. The Morgan fingerprint density at radius 1 is 1.07 bits per heavy atom. The van der Waals surface area contributed by atoms with E-state index in [1.165, 1.54) is 0 Å². The number of carbonyl (C=O) groups is 1. The molecule has 0 atom stereocenters. The van der Waals surface area contributed by atoms with Crippen molar-refractivity contribution in [2.45, 2.75) is 47.4 Å². The van der Waals surface area contributed by atoms with Crippen LogP contribution in [-0.4, -0.2) is 34.2 Å². The fraction of sp³-hybridized carbons (Fsp3) is 0.391. The summed E-state index contributed by atoms with van der Waals surface area (Å²) in [5.41, 5.74) is 3.09. The Labute approximate surface area is 177 Å². The molecule has 0 saturated carbocycles. The molecule has 0 aliphatic rings. The highest BCUT2D eigenvalue weighted by atomic mass is 16.5. The molecule has 0 aliphatic carbocycles. The largest absolute Gasteiger partial charge is 0.494 e. The highest BCUT2D eigenvalue weighted by molar-refractivity contribution is 5.91. The number of aromatic nitrogens is 2. The van der Waals surface area contributed by atoms with E-state index >= 15 is 0 Å². The van der Waals surface area contributed by atoms with Gasteiger partial charge in [-0.1, -0.05) is 0 Å². The molecule has 3 rings (SSSR count). The normalized spacial score (nSPS) is 10.8. The lowest BCUT2D eigenvalue weighted by atomic mass is 10.2. The van der Waals surface area contributed by atoms with E-state index in [1.807, 2.05) is 49.7 Å². The number of carbonyl (C=O) groups excluding carboxylic acids is 1. The third-order valence-corrected chi connectivity index (χ3v) is 4.96. The van der Waals surface area contributed by atoms with Gasteiger partial charge in [0, 0.05) is 31.4 Å². The van der Waals surface area contributed by atoms with Crippen LogP contribution in [0.2, 0.25) is 0 Å². The second kappa shape index (κ2) is 9.52. The first kappa shape index (κ1) is 21.5. The topological polar surface area (TPSA) is 69.7 Å². The summed E-state index contributed by atoms with van der Waals surface area (Å²) in [4.78, 5) is 14.4. The zero-order chi connectivity index (χ0) is 21.7. The van der Waals surface area contributed by atoms with Crippen molar-refractivity contribution >= 4 is 5.91 Å². The van der Waals surface area contributed by atoms with Crippen molar-refractivity contribution in [2.75, 3.05) is 13.7 Å². The SMILES string of the molecule is CCOc1ccc(OCc2ccc(C(=O)N(C)Cc3c(C)nn(CC)c3C)o2)cc1. The number of amides is 1. The lowest BCUT2D eigenvalue weighted by molar-refractivity contribution is 0.0749. The first-order valence-corrected chi connectivity index (χ1v) is 10.2. The maximum atomic E-state index is 12.8. The van der Waals surface area contributed by atoms with Gasteiger partial charge in [-0.25, -0.2) is 0 Å². The minimum Gasteiger partial charge on any atom is -0.494 e. The first-order valence-electron chi connectivity index (χ1n) is 10.2. The van der Waals surface area contributed by atoms with Gasteiger partial charge in [0.2, 0.25) is 0 Å². The minimum absolute atomic E-state index is 0.176. The van der Waals surface area contributed by atoms with E-state index in [2.05, 4.69) is 12.0 Å². The summed E-state index contributed by atoms with van der Waals surface area (Å²) in [6.07, 6.45) is 0. The van der Waals surface area contributed by atoms with Crippen LogP contribution >= 0.6 is 0 Å². The summed E-state index contributed by atoms with van der Waals surface area (Å²) in [6, 6.07) is 10.8.